The minimum absolute atomic E-state index is 0.00518. The molecule has 0 fully saturated rings. The molecule has 2 N–H and O–H groups in total. The van der Waals surface area contributed by atoms with Crippen molar-refractivity contribution in [3.63, 3.8) is 0 Å². The molecule has 0 atom stereocenters. The highest BCUT2D eigenvalue weighted by molar-refractivity contribution is 6.30. The third-order valence-electron chi connectivity index (χ3n) is 2.64. The van der Waals surface area contributed by atoms with Crippen LogP contribution >= 0.6 is 11.6 Å². The van der Waals surface area contributed by atoms with Crippen LogP contribution < -0.4 is 10.5 Å². The Labute approximate surface area is 126 Å². The Balaban J connectivity index is 2.32. The molecule has 0 saturated carbocycles. The topological polar surface area (TPSA) is 61.5 Å². The van der Waals surface area contributed by atoms with Gasteiger partial charge < -0.3 is 15.2 Å². The summed E-state index contributed by atoms with van der Waals surface area (Å²) in [6, 6.07) is 8.63. The summed E-state index contributed by atoms with van der Waals surface area (Å²) in [6.45, 7) is 1.87. The number of nitrogens with two attached hydrogens (primary N) is 1. The summed E-state index contributed by atoms with van der Waals surface area (Å²) in [7, 11) is 0. The van der Waals surface area contributed by atoms with Gasteiger partial charge in [0.2, 0.25) is 0 Å². The van der Waals surface area contributed by atoms with Gasteiger partial charge in [0, 0.05) is 22.8 Å². The molecular weight excluding hydrogens is 297 g/mol. The summed E-state index contributed by atoms with van der Waals surface area (Å²) in [5, 5.41) is 0.535. The van der Waals surface area contributed by atoms with Gasteiger partial charge in [-0.25, -0.2) is 9.18 Å². The summed E-state index contributed by atoms with van der Waals surface area (Å²) < 4.78 is 24.1. The molecule has 0 radical (unpaired) electrons. The van der Waals surface area contributed by atoms with Gasteiger partial charge in [-0.05, 0) is 31.2 Å². The van der Waals surface area contributed by atoms with Gasteiger partial charge in [-0.15, -0.1) is 0 Å². The zero-order chi connectivity index (χ0) is 15.4. The number of halogens is 2. The predicted octanol–water partition coefficient (Wildman–Crippen LogP) is 4.03. The molecule has 110 valence electrons. The maximum Gasteiger partial charge on any atom is 0.340 e. The highest BCUT2D eigenvalue weighted by Crippen LogP contribution is 2.29. The van der Waals surface area contributed by atoms with Crippen LogP contribution in [0.15, 0.2) is 36.4 Å². The first-order valence-electron chi connectivity index (χ1n) is 6.20. The molecule has 0 aliphatic rings. The zero-order valence-corrected chi connectivity index (χ0v) is 12.0. The standard InChI is InChI=1S/C15H13ClFNO3/c1-2-20-15(19)11-7-14(12(17)8-13(11)18)21-10-5-3-9(16)4-6-10/h3-8H,2,18H2,1H3. The average Bonchev–Trinajstić information content (AvgIpc) is 2.44. The summed E-state index contributed by atoms with van der Waals surface area (Å²) in [5.74, 6) is -1.03. The van der Waals surface area contributed by atoms with Crippen molar-refractivity contribution in [3.05, 3.63) is 52.8 Å². The van der Waals surface area contributed by atoms with Gasteiger partial charge >= 0.3 is 5.97 Å². The fourth-order valence-corrected chi connectivity index (χ4v) is 1.79. The first-order valence-corrected chi connectivity index (χ1v) is 6.58. The number of rotatable bonds is 4. The van der Waals surface area contributed by atoms with Crippen molar-refractivity contribution in [2.45, 2.75) is 6.92 Å². The molecule has 6 heteroatoms. The maximum absolute atomic E-state index is 13.9. The lowest BCUT2D eigenvalue weighted by atomic mass is 10.1. The van der Waals surface area contributed by atoms with Gasteiger partial charge in [-0.1, -0.05) is 11.6 Å². The van der Waals surface area contributed by atoms with E-state index in [0.717, 1.165) is 6.07 Å². The fourth-order valence-electron chi connectivity index (χ4n) is 1.66. The Morgan fingerprint density at radius 1 is 1.29 bits per heavy atom. The van der Waals surface area contributed by atoms with Crippen molar-refractivity contribution < 1.29 is 18.7 Å². The molecule has 0 aliphatic carbocycles. The van der Waals surface area contributed by atoms with Crippen LogP contribution in [0.4, 0.5) is 10.1 Å². The van der Waals surface area contributed by atoms with E-state index in [0.29, 0.717) is 10.8 Å². The molecule has 2 aromatic carbocycles. The van der Waals surface area contributed by atoms with Crippen LogP contribution in [0.2, 0.25) is 5.02 Å². The van der Waals surface area contributed by atoms with Crippen molar-refractivity contribution in [1.29, 1.82) is 0 Å². The van der Waals surface area contributed by atoms with Crippen molar-refractivity contribution in [2.75, 3.05) is 12.3 Å². The monoisotopic (exact) mass is 309 g/mol. The van der Waals surface area contributed by atoms with Crippen LogP contribution in [0.5, 0.6) is 11.5 Å². The van der Waals surface area contributed by atoms with Gasteiger partial charge in [0.25, 0.3) is 0 Å². The van der Waals surface area contributed by atoms with Crippen molar-refractivity contribution in [1.82, 2.24) is 0 Å². The molecule has 0 unspecified atom stereocenters. The number of hydrogen-bond donors (Lipinski definition) is 1. The van der Waals surface area contributed by atoms with E-state index >= 15 is 0 Å². The van der Waals surface area contributed by atoms with E-state index < -0.39 is 11.8 Å². The molecule has 4 nitrogen and oxygen atoms in total. The fraction of sp³-hybridized carbons (Fsp3) is 0.133. The maximum atomic E-state index is 13.9. The van der Waals surface area contributed by atoms with Crippen LogP contribution in [0.1, 0.15) is 17.3 Å². The number of hydrogen-bond acceptors (Lipinski definition) is 4. The van der Waals surface area contributed by atoms with E-state index in [9.17, 15) is 9.18 Å². The molecule has 0 aromatic heterocycles. The van der Waals surface area contributed by atoms with E-state index in [2.05, 4.69) is 0 Å². The second kappa shape index (κ2) is 6.45. The summed E-state index contributed by atoms with van der Waals surface area (Å²) in [4.78, 5) is 11.7. The van der Waals surface area contributed by atoms with Gasteiger partial charge in [-0.2, -0.15) is 0 Å². The highest BCUT2D eigenvalue weighted by Gasteiger charge is 2.16. The average molecular weight is 310 g/mol. The number of carbonyl (C=O) groups is 1. The molecule has 0 aliphatic heterocycles. The Hall–Kier alpha value is -2.27. The Bertz CT molecular complexity index is 659. The van der Waals surface area contributed by atoms with E-state index in [1.165, 1.54) is 6.07 Å². The number of nitrogen functional groups attached to an aromatic ring is 1. The minimum Gasteiger partial charge on any atom is -0.462 e. The minimum atomic E-state index is -0.671. The molecule has 2 aromatic rings. The van der Waals surface area contributed by atoms with E-state index in [1.54, 1.807) is 31.2 Å². The van der Waals surface area contributed by atoms with Crippen molar-refractivity contribution in [3.8, 4) is 11.5 Å². The van der Waals surface area contributed by atoms with Gasteiger partial charge in [-0.3, -0.25) is 0 Å². The van der Waals surface area contributed by atoms with Crippen molar-refractivity contribution >= 4 is 23.3 Å². The molecule has 2 rings (SSSR count). The van der Waals surface area contributed by atoms with E-state index in [4.69, 9.17) is 26.8 Å². The van der Waals surface area contributed by atoms with Crippen LogP contribution in [-0.2, 0) is 4.74 Å². The van der Waals surface area contributed by atoms with Gasteiger partial charge in [0.15, 0.2) is 11.6 Å². The number of anilines is 1. The normalized spacial score (nSPS) is 10.2. The van der Waals surface area contributed by atoms with Crippen LogP contribution in [0, 0.1) is 5.82 Å². The number of carbonyl (C=O) groups excluding carboxylic acids is 1. The number of esters is 1. The molecular formula is C15H13ClFNO3. The lowest BCUT2D eigenvalue weighted by Gasteiger charge is -2.11. The van der Waals surface area contributed by atoms with E-state index in [-0.39, 0.29) is 23.6 Å². The predicted molar refractivity (Wildman–Crippen MR) is 78.3 cm³/mol. The van der Waals surface area contributed by atoms with Crippen LogP contribution in [0.3, 0.4) is 0 Å². The third kappa shape index (κ3) is 3.64. The quantitative estimate of drug-likeness (QED) is 0.684. The molecule has 0 heterocycles. The third-order valence-corrected chi connectivity index (χ3v) is 2.89. The summed E-state index contributed by atoms with van der Waals surface area (Å²) >= 11 is 5.76. The first kappa shape index (κ1) is 15.1. The zero-order valence-electron chi connectivity index (χ0n) is 11.2. The summed E-state index contributed by atoms with van der Waals surface area (Å²) in [5.41, 5.74) is 5.67. The largest absolute Gasteiger partial charge is 0.462 e. The molecule has 0 bridgehead atoms. The Morgan fingerprint density at radius 3 is 2.57 bits per heavy atom. The van der Waals surface area contributed by atoms with Crippen LogP contribution in [0.25, 0.3) is 0 Å². The molecule has 0 spiro atoms. The first-order chi connectivity index (χ1) is 10.0. The second-order valence-corrected chi connectivity index (χ2v) is 4.58. The van der Waals surface area contributed by atoms with Gasteiger partial charge in [0.05, 0.1) is 12.2 Å². The number of ether oxygens (including phenoxy) is 2. The molecule has 0 saturated heterocycles. The summed E-state index contributed by atoms with van der Waals surface area (Å²) in [6.07, 6.45) is 0. The lowest BCUT2D eigenvalue weighted by molar-refractivity contribution is 0.0527. The molecule has 0 amide bonds. The lowest BCUT2D eigenvalue weighted by Crippen LogP contribution is -2.09. The Kier molecular flexibility index (Phi) is 4.65. The second-order valence-electron chi connectivity index (χ2n) is 4.15. The van der Waals surface area contributed by atoms with E-state index in [1.807, 2.05) is 0 Å². The Morgan fingerprint density at radius 2 is 1.95 bits per heavy atom. The molecule has 21 heavy (non-hydrogen) atoms. The van der Waals surface area contributed by atoms with Crippen molar-refractivity contribution in [2.24, 2.45) is 0 Å². The smallest absolute Gasteiger partial charge is 0.340 e. The highest BCUT2D eigenvalue weighted by atomic mass is 35.5. The SMILES string of the molecule is CCOC(=O)c1cc(Oc2ccc(Cl)cc2)c(F)cc1N. The van der Waals surface area contributed by atoms with Crippen LogP contribution in [-0.4, -0.2) is 12.6 Å². The number of benzene rings is 2. The van der Waals surface area contributed by atoms with Gasteiger partial charge in [0.1, 0.15) is 5.75 Å².